The van der Waals surface area contributed by atoms with E-state index < -0.39 is 5.25 Å². The average molecular weight is 380 g/mol. The topological polar surface area (TPSA) is 64.0 Å². The van der Waals surface area contributed by atoms with Gasteiger partial charge in [-0.3, -0.25) is 14.2 Å². The van der Waals surface area contributed by atoms with E-state index in [0.29, 0.717) is 26.1 Å². The van der Waals surface area contributed by atoms with Crippen molar-refractivity contribution in [2.75, 3.05) is 5.32 Å². The third kappa shape index (κ3) is 3.33. The lowest BCUT2D eigenvalue weighted by Crippen LogP contribution is -2.25. The summed E-state index contributed by atoms with van der Waals surface area (Å²) >= 11 is 8.70. The zero-order valence-corrected chi connectivity index (χ0v) is 15.3. The maximum atomic E-state index is 12.4. The lowest BCUT2D eigenvalue weighted by molar-refractivity contribution is -0.115. The minimum absolute atomic E-state index is 0.109. The van der Waals surface area contributed by atoms with Crippen molar-refractivity contribution in [3.63, 3.8) is 0 Å². The summed E-state index contributed by atoms with van der Waals surface area (Å²) in [5.41, 5.74) is 0.453. The number of nitrogens with one attached hydrogen (secondary N) is 1. The van der Waals surface area contributed by atoms with Crippen molar-refractivity contribution < 1.29 is 4.79 Å². The molecule has 0 aliphatic carbocycles. The molecule has 3 rings (SSSR count). The first kappa shape index (κ1) is 17.0. The van der Waals surface area contributed by atoms with Crippen LogP contribution in [0.3, 0.4) is 0 Å². The third-order valence-electron chi connectivity index (χ3n) is 3.45. The number of thiophene rings is 1. The van der Waals surface area contributed by atoms with E-state index in [0.717, 1.165) is 0 Å². The first-order chi connectivity index (χ1) is 11.5. The van der Waals surface area contributed by atoms with Crippen molar-refractivity contribution in [3.8, 4) is 0 Å². The summed E-state index contributed by atoms with van der Waals surface area (Å²) in [7, 11) is 1.66. The molecule has 124 valence electrons. The molecule has 8 heteroatoms. The number of hydrogen-bond acceptors (Lipinski definition) is 5. The van der Waals surface area contributed by atoms with Crippen molar-refractivity contribution in [2.45, 2.75) is 17.3 Å². The van der Waals surface area contributed by atoms with Crippen molar-refractivity contribution in [1.82, 2.24) is 9.55 Å². The summed E-state index contributed by atoms with van der Waals surface area (Å²) in [5.74, 6) is -0.200. The molecule has 1 unspecified atom stereocenters. The molecule has 0 bridgehead atoms. The molecule has 1 amide bonds. The molecule has 0 fully saturated rings. The van der Waals surface area contributed by atoms with Gasteiger partial charge in [0, 0.05) is 7.05 Å². The molecule has 0 spiro atoms. The van der Waals surface area contributed by atoms with Gasteiger partial charge < -0.3 is 5.32 Å². The molecule has 1 N–H and O–H groups in total. The van der Waals surface area contributed by atoms with Crippen LogP contribution in [0, 0.1) is 0 Å². The number of fused-ring (bicyclic) bond motifs is 1. The van der Waals surface area contributed by atoms with Crippen LogP contribution in [0.5, 0.6) is 0 Å². The highest BCUT2D eigenvalue weighted by atomic mass is 35.5. The van der Waals surface area contributed by atoms with Crippen molar-refractivity contribution in [3.05, 3.63) is 51.1 Å². The van der Waals surface area contributed by atoms with Gasteiger partial charge in [-0.1, -0.05) is 35.5 Å². The van der Waals surface area contributed by atoms with E-state index in [2.05, 4.69) is 10.3 Å². The number of halogens is 1. The van der Waals surface area contributed by atoms with Gasteiger partial charge in [-0.2, -0.15) is 0 Å². The number of para-hydroxylation sites is 1. The van der Waals surface area contributed by atoms with Gasteiger partial charge in [-0.15, -0.1) is 11.3 Å². The summed E-state index contributed by atoms with van der Waals surface area (Å²) in [6.45, 7) is 1.77. The highest BCUT2D eigenvalue weighted by molar-refractivity contribution is 8.00. The van der Waals surface area contributed by atoms with Gasteiger partial charge >= 0.3 is 0 Å². The van der Waals surface area contributed by atoms with Gasteiger partial charge in [0.05, 0.1) is 21.3 Å². The van der Waals surface area contributed by atoms with Crippen LogP contribution < -0.4 is 10.9 Å². The molecule has 0 saturated carbocycles. The number of anilines is 1. The summed E-state index contributed by atoms with van der Waals surface area (Å²) in [4.78, 5) is 29.8. The number of hydrogen-bond donors (Lipinski definition) is 1. The summed E-state index contributed by atoms with van der Waals surface area (Å²) in [5, 5.41) is 5.78. The van der Waals surface area contributed by atoms with Gasteiger partial charge in [-0.25, -0.2) is 4.98 Å². The van der Waals surface area contributed by atoms with Crippen LogP contribution in [0.2, 0.25) is 5.02 Å². The Hall–Kier alpha value is -1.83. The SMILES string of the molecule is CC(Sc1nc2sccc2c(=O)n1C)C(=O)Nc1ccccc1Cl. The number of nitrogens with zero attached hydrogens (tertiary/aromatic N) is 2. The van der Waals surface area contributed by atoms with E-state index in [1.807, 2.05) is 5.38 Å². The zero-order valence-electron chi connectivity index (χ0n) is 12.9. The average Bonchev–Trinajstić information content (AvgIpc) is 3.03. The molecule has 3 aromatic rings. The summed E-state index contributed by atoms with van der Waals surface area (Å²) < 4.78 is 1.47. The molecule has 2 aromatic heterocycles. The Morgan fingerprint density at radius 1 is 1.38 bits per heavy atom. The quantitative estimate of drug-likeness (QED) is 0.553. The number of amides is 1. The lowest BCUT2D eigenvalue weighted by Gasteiger charge is -2.14. The number of carbonyl (C=O) groups excluding carboxylic acids is 1. The lowest BCUT2D eigenvalue weighted by atomic mass is 10.3. The smallest absolute Gasteiger partial charge is 0.262 e. The number of carbonyl (C=O) groups is 1. The van der Waals surface area contributed by atoms with E-state index in [1.165, 1.54) is 27.7 Å². The second-order valence-corrected chi connectivity index (χ2v) is 7.74. The van der Waals surface area contributed by atoms with Gasteiger partial charge in [0.25, 0.3) is 5.56 Å². The molecular weight excluding hydrogens is 366 g/mol. The van der Waals surface area contributed by atoms with Crippen molar-refractivity contribution in [1.29, 1.82) is 0 Å². The minimum Gasteiger partial charge on any atom is -0.324 e. The van der Waals surface area contributed by atoms with E-state index in [1.54, 1.807) is 44.3 Å². The maximum absolute atomic E-state index is 12.4. The van der Waals surface area contributed by atoms with E-state index in [-0.39, 0.29) is 11.5 Å². The van der Waals surface area contributed by atoms with Crippen LogP contribution in [-0.2, 0) is 11.8 Å². The Balaban J connectivity index is 1.80. The van der Waals surface area contributed by atoms with Crippen molar-refractivity contribution in [2.24, 2.45) is 7.05 Å². The van der Waals surface area contributed by atoms with Crippen LogP contribution in [0.1, 0.15) is 6.92 Å². The highest BCUT2D eigenvalue weighted by Gasteiger charge is 2.19. The Morgan fingerprint density at radius 3 is 2.88 bits per heavy atom. The molecule has 2 heterocycles. The zero-order chi connectivity index (χ0) is 17.3. The molecule has 0 saturated heterocycles. The highest BCUT2D eigenvalue weighted by Crippen LogP contribution is 2.26. The Labute approximate surface area is 151 Å². The van der Waals surface area contributed by atoms with Crippen LogP contribution in [-0.4, -0.2) is 20.7 Å². The maximum Gasteiger partial charge on any atom is 0.262 e. The monoisotopic (exact) mass is 379 g/mol. The Morgan fingerprint density at radius 2 is 2.12 bits per heavy atom. The number of rotatable bonds is 4. The number of aromatic nitrogens is 2. The molecule has 5 nitrogen and oxygen atoms in total. The molecular formula is C16H14ClN3O2S2. The van der Waals surface area contributed by atoms with Crippen LogP contribution in [0.4, 0.5) is 5.69 Å². The van der Waals surface area contributed by atoms with Crippen LogP contribution >= 0.6 is 34.7 Å². The minimum atomic E-state index is -0.434. The second-order valence-electron chi connectivity index (χ2n) is 5.13. The number of benzene rings is 1. The standard InChI is InChI=1S/C16H14ClN3O2S2/c1-9(13(21)18-12-6-4-3-5-11(12)17)24-16-19-14-10(7-8-23-14)15(22)20(16)2/h3-9H,1-2H3,(H,18,21). The Bertz CT molecular complexity index is 967. The fourth-order valence-electron chi connectivity index (χ4n) is 2.09. The summed E-state index contributed by atoms with van der Waals surface area (Å²) in [6, 6.07) is 8.81. The Kier molecular flexibility index (Phi) is 4.93. The predicted octanol–water partition coefficient (Wildman–Crippen LogP) is 3.77. The molecule has 1 aromatic carbocycles. The molecule has 24 heavy (non-hydrogen) atoms. The van der Waals surface area contributed by atoms with E-state index >= 15 is 0 Å². The van der Waals surface area contributed by atoms with Gasteiger partial charge in [-0.05, 0) is 30.5 Å². The normalized spacial score (nSPS) is 12.3. The fraction of sp³-hybridized carbons (Fsp3) is 0.188. The molecule has 0 radical (unpaired) electrons. The summed E-state index contributed by atoms with van der Waals surface area (Å²) in [6.07, 6.45) is 0. The largest absolute Gasteiger partial charge is 0.324 e. The second kappa shape index (κ2) is 6.96. The first-order valence-corrected chi connectivity index (χ1v) is 9.27. The third-order valence-corrected chi connectivity index (χ3v) is 5.73. The van der Waals surface area contributed by atoms with E-state index in [4.69, 9.17) is 11.6 Å². The van der Waals surface area contributed by atoms with Gasteiger partial charge in [0.2, 0.25) is 5.91 Å². The van der Waals surface area contributed by atoms with Gasteiger partial charge in [0.1, 0.15) is 4.83 Å². The van der Waals surface area contributed by atoms with Crippen LogP contribution in [0.15, 0.2) is 45.7 Å². The van der Waals surface area contributed by atoms with Crippen molar-refractivity contribution >= 4 is 56.5 Å². The molecule has 0 aliphatic rings. The van der Waals surface area contributed by atoms with Gasteiger partial charge in [0.15, 0.2) is 5.16 Å². The predicted molar refractivity (Wildman–Crippen MR) is 100 cm³/mol. The molecule has 1 atom stereocenters. The molecule has 0 aliphatic heterocycles. The first-order valence-electron chi connectivity index (χ1n) is 7.13. The number of thioether (sulfide) groups is 1. The fourth-order valence-corrected chi connectivity index (χ4v) is 3.96. The van der Waals surface area contributed by atoms with E-state index in [9.17, 15) is 9.59 Å². The van der Waals surface area contributed by atoms with Crippen LogP contribution in [0.25, 0.3) is 10.2 Å².